The van der Waals surface area contributed by atoms with Crippen molar-refractivity contribution in [3.63, 3.8) is 0 Å². The highest BCUT2D eigenvalue weighted by atomic mass is 32.2. The third-order valence-corrected chi connectivity index (χ3v) is 7.34. The minimum atomic E-state index is -3.55. The fourth-order valence-electron chi connectivity index (χ4n) is 2.94. The Hall–Kier alpha value is -2.17. The van der Waals surface area contributed by atoms with Crippen LogP contribution in [0.2, 0.25) is 0 Å². The average molecular weight is 437 g/mol. The molecule has 1 N–H and O–H groups in total. The van der Waals surface area contributed by atoms with Crippen LogP contribution >= 0.6 is 11.8 Å². The molecular weight excluding hydrogens is 412 g/mol. The number of aromatic nitrogens is 2. The zero-order chi connectivity index (χ0) is 20.9. The van der Waals surface area contributed by atoms with Crippen LogP contribution in [-0.2, 0) is 14.8 Å². The van der Waals surface area contributed by atoms with Crippen LogP contribution in [0.4, 0.5) is 0 Å². The van der Waals surface area contributed by atoms with Gasteiger partial charge in [0.1, 0.15) is 0 Å². The summed E-state index contributed by atoms with van der Waals surface area (Å²) in [7, 11) is -3.55. The number of hydrogen-bond donors (Lipinski definition) is 1. The van der Waals surface area contributed by atoms with Crippen LogP contribution in [0.1, 0.15) is 26.2 Å². The molecule has 1 saturated heterocycles. The van der Waals surface area contributed by atoms with E-state index in [2.05, 4.69) is 22.1 Å². The molecule has 1 aliphatic heterocycles. The summed E-state index contributed by atoms with van der Waals surface area (Å²) in [5.41, 5.74) is 0.520. The topological polar surface area (TPSA) is 105 Å². The molecule has 156 valence electrons. The monoisotopic (exact) mass is 436 g/mol. The smallest absolute Gasteiger partial charge is 0.277 e. The predicted molar refractivity (Wildman–Crippen MR) is 111 cm³/mol. The molecule has 0 saturated carbocycles. The molecule has 0 spiro atoms. The van der Waals surface area contributed by atoms with Crippen LogP contribution in [0.5, 0.6) is 0 Å². The summed E-state index contributed by atoms with van der Waals surface area (Å²) in [5, 5.41) is 10.5. The lowest BCUT2D eigenvalue weighted by molar-refractivity contribution is -0.120. The van der Waals surface area contributed by atoms with Crippen LogP contribution in [0.15, 0.2) is 51.5 Å². The number of piperidine rings is 1. The highest BCUT2D eigenvalue weighted by Crippen LogP contribution is 2.28. The first-order chi connectivity index (χ1) is 13.9. The molecule has 29 heavy (non-hydrogen) atoms. The zero-order valence-corrected chi connectivity index (χ0v) is 17.8. The van der Waals surface area contributed by atoms with Crippen molar-refractivity contribution in [2.24, 2.45) is 0 Å². The Morgan fingerprint density at radius 1 is 1.34 bits per heavy atom. The van der Waals surface area contributed by atoms with E-state index in [-0.39, 0.29) is 21.9 Å². The van der Waals surface area contributed by atoms with Gasteiger partial charge in [0.25, 0.3) is 5.22 Å². The average Bonchev–Trinajstić information content (AvgIpc) is 3.21. The van der Waals surface area contributed by atoms with Gasteiger partial charge in [-0.1, -0.05) is 30.3 Å². The number of carbonyl (C=O) groups excluding carboxylic acids is 1. The standard InChI is InChI=1S/C19H24N4O4S2/c1-3-10-20-17(24)14(2)28-19-22-21-18(27-19)15-8-7-9-16(13-15)29(25,26)23-11-5-4-6-12-23/h3,7-9,13-14H,1,4-6,10-12H2,2H3,(H,20,24). The fraction of sp³-hybridized carbons (Fsp3) is 0.421. The molecule has 1 aromatic carbocycles. The van der Waals surface area contributed by atoms with E-state index in [4.69, 9.17) is 4.42 Å². The minimum Gasteiger partial charge on any atom is -0.411 e. The van der Waals surface area contributed by atoms with Crippen molar-refractivity contribution >= 4 is 27.7 Å². The number of sulfonamides is 1. The fourth-order valence-corrected chi connectivity index (χ4v) is 5.21. The maximum Gasteiger partial charge on any atom is 0.277 e. The van der Waals surface area contributed by atoms with Crippen molar-refractivity contribution in [2.75, 3.05) is 19.6 Å². The molecule has 1 aliphatic rings. The third kappa shape index (κ3) is 5.26. The van der Waals surface area contributed by atoms with E-state index in [0.717, 1.165) is 31.0 Å². The van der Waals surface area contributed by atoms with Crippen LogP contribution in [0.25, 0.3) is 11.5 Å². The van der Waals surface area contributed by atoms with E-state index in [1.54, 1.807) is 37.3 Å². The molecule has 0 aliphatic carbocycles. The summed E-state index contributed by atoms with van der Waals surface area (Å²) in [6.07, 6.45) is 4.41. The first-order valence-electron chi connectivity index (χ1n) is 9.41. The summed E-state index contributed by atoms with van der Waals surface area (Å²) >= 11 is 1.14. The van der Waals surface area contributed by atoms with Crippen molar-refractivity contribution in [3.8, 4) is 11.5 Å². The van der Waals surface area contributed by atoms with Gasteiger partial charge in [0, 0.05) is 25.2 Å². The van der Waals surface area contributed by atoms with Crippen LogP contribution in [-0.4, -0.2) is 53.7 Å². The molecule has 2 aromatic rings. The van der Waals surface area contributed by atoms with E-state index < -0.39 is 15.3 Å². The Balaban J connectivity index is 1.74. The summed E-state index contributed by atoms with van der Waals surface area (Å²) in [6.45, 7) is 6.76. The molecule has 3 rings (SSSR count). The molecule has 8 nitrogen and oxygen atoms in total. The summed E-state index contributed by atoms with van der Waals surface area (Å²) in [6, 6.07) is 6.50. The van der Waals surface area contributed by atoms with Crippen LogP contribution in [0.3, 0.4) is 0 Å². The van der Waals surface area contributed by atoms with Gasteiger partial charge in [0.05, 0.1) is 10.1 Å². The molecule has 2 heterocycles. The second-order valence-electron chi connectivity index (χ2n) is 6.66. The molecule has 0 bridgehead atoms. The molecule has 10 heteroatoms. The normalized spacial score (nSPS) is 16.3. The third-order valence-electron chi connectivity index (χ3n) is 4.51. The van der Waals surface area contributed by atoms with Gasteiger partial charge in [-0.15, -0.1) is 16.8 Å². The molecule has 1 atom stereocenters. The summed E-state index contributed by atoms with van der Waals surface area (Å²) in [5.74, 6) is 0.0474. The Morgan fingerprint density at radius 3 is 2.83 bits per heavy atom. The Morgan fingerprint density at radius 2 is 2.10 bits per heavy atom. The lowest BCUT2D eigenvalue weighted by atomic mass is 10.2. The Labute approximate surface area is 174 Å². The first-order valence-corrected chi connectivity index (χ1v) is 11.7. The van der Waals surface area contributed by atoms with Crippen molar-refractivity contribution in [1.82, 2.24) is 19.8 Å². The first kappa shape index (κ1) is 21.5. The number of amides is 1. The maximum atomic E-state index is 12.9. The van der Waals surface area contributed by atoms with E-state index in [0.29, 0.717) is 25.2 Å². The van der Waals surface area contributed by atoms with Gasteiger partial charge >= 0.3 is 0 Å². The summed E-state index contributed by atoms with van der Waals surface area (Å²) in [4.78, 5) is 12.2. The lowest BCUT2D eigenvalue weighted by Crippen LogP contribution is -2.35. The van der Waals surface area contributed by atoms with Gasteiger partial charge in [-0.2, -0.15) is 4.31 Å². The number of nitrogens with one attached hydrogen (secondary N) is 1. The minimum absolute atomic E-state index is 0.163. The van der Waals surface area contributed by atoms with Crippen LogP contribution in [0, 0.1) is 0 Å². The van der Waals surface area contributed by atoms with E-state index in [1.807, 2.05) is 0 Å². The molecule has 1 aromatic heterocycles. The van der Waals surface area contributed by atoms with E-state index in [1.165, 1.54) is 4.31 Å². The number of rotatable bonds is 8. The maximum absolute atomic E-state index is 12.9. The molecule has 1 amide bonds. The highest BCUT2D eigenvalue weighted by Gasteiger charge is 2.26. The number of nitrogens with zero attached hydrogens (tertiary/aromatic N) is 3. The van der Waals surface area contributed by atoms with Gasteiger partial charge in [0.2, 0.25) is 21.8 Å². The molecule has 0 radical (unpaired) electrons. The van der Waals surface area contributed by atoms with Gasteiger partial charge < -0.3 is 9.73 Å². The number of thioether (sulfide) groups is 1. The van der Waals surface area contributed by atoms with Crippen LogP contribution < -0.4 is 5.32 Å². The van der Waals surface area contributed by atoms with Crippen molar-refractivity contribution < 1.29 is 17.6 Å². The SMILES string of the molecule is C=CCNC(=O)C(C)Sc1nnc(-c2cccc(S(=O)(=O)N3CCCCC3)c2)o1. The largest absolute Gasteiger partial charge is 0.411 e. The number of benzene rings is 1. The zero-order valence-electron chi connectivity index (χ0n) is 16.2. The van der Waals surface area contributed by atoms with E-state index >= 15 is 0 Å². The predicted octanol–water partition coefficient (Wildman–Crippen LogP) is 2.69. The molecular formula is C19H24N4O4S2. The molecule has 1 unspecified atom stereocenters. The van der Waals surface area contributed by atoms with Crippen molar-refractivity contribution in [3.05, 3.63) is 36.9 Å². The van der Waals surface area contributed by atoms with E-state index in [9.17, 15) is 13.2 Å². The van der Waals surface area contributed by atoms with Gasteiger partial charge in [0.15, 0.2) is 0 Å². The molecule has 1 fully saturated rings. The number of carbonyl (C=O) groups is 1. The number of hydrogen-bond acceptors (Lipinski definition) is 7. The lowest BCUT2D eigenvalue weighted by Gasteiger charge is -2.25. The Kier molecular flexibility index (Phi) is 7.09. The van der Waals surface area contributed by atoms with Crippen molar-refractivity contribution in [1.29, 1.82) is 0 Å². The van der Waals surface area contributed by atoms with Gasteiger partial charge in [-0.3, -0.25) is 4.79 Å². The van der Waals surface area contributed by atoms with Gasteiger partial charge in [-0.05, 0) is 38.0 Å². The van der Waals surface area contributed by atoms with Gasteiger partial charge in [-0.25, -0.2) is 8.42 Å². The second-order valence-corrected chi connectivity index (χ2v) is 9.89. The highest BCUT2D eigenvalue weighted by molar-refractivity contribution is 8.00. The Bertz CT molecular complexity index is 968. The van der Waals surface area contributed by atoms with Crippen molar-refractivity contribution in [2.45, 2.75) is 41.6 Å². The summed E-state index contributed by atoms with van der Waals surface area (Å²) < 4.78 is 32.9. The quantitative estimate of drug-likeness (QED) is 0.501. The second kappa shape index (κ2) is 9.55.